The van der Waals surface area contributed by atoms with Crippen molar-refractivity contribution in [3.05, 3.63) is 29.8 Å². The Kier molecular flexibility index (Phi) is 4.27. The molecule has 2 aliphatic rings. The smallest absolute Gasteiger partial charge is 0.418 e. The Morgan fingerprint density at radius 2 is 1.96 bits per heavy atom. The molecule has 0 bridgehead atoms. The maximum atomic E-state index is 13.0. The second-order valence-corrected chi connectivity index (χ2v) is 5.68. The van der Waals surface area contributed by atoms with Crippen molar-refractivity contribution in [2.45, 2.75) is 18.6 Å². The number of rotatable bonds is 2. The largest absolute Gasteiger partial charge is 0.439 e. The van der Waals surface area contributed by atoms with E-state index in [9.17, 15) is 27.6 Å². The van der Waals surface area contributed by atoms with Gasteiger partial charge in [0.15, 0.2) is 6.61 Å². The molecule has 7 nitrogen and oxygen atoms in total. The summed E-state index contributed by atoms with van der Waals surface area (Å²) < 4.78 is 43.5. The van der Waals surface area contributed by atoms with Crippen molar-refractivity contribution >= 4 is 23.7 Å². The minimum atomic E-state index is -4.59. The summed E-state index contributed by atoms with van der Waals surface area (Å²) in [5.74, 6) is -0.486. The van der Waals surface area contributed by atoms with Gasteiger partial charge in [-0.25, -0.2) is 14.5 Å². The van der Waals surface area contributed by atoms with Gasteiger partial charge in [0.05, 0.1) is 17.3 Å². The monoisotopic (exact) mass is 357 g/mol. The lowest BCUT2D eigenvalue weighted by Gasteiger charge is -2.21. The first-order valence-corrected chi connectivity index (χ1v) is 7.48. The zero-order valence-corrected chi connectivity index (χ0v) is 12.9. The fourth-order valence-corrected chi connectivity index (χ4v) is 2.89. The number of likely N-dealkylation sites (tertiary alicyclic amines) is 1. The van der Waals surface area contributed by atoms with Crippen molar-refractivity contribution in [1.82, 2.24) is 9.80 Å². The molecule has 1 aromatic carbocycles. The molecule has 0 aliphatic carbocycles. The average Bonchev–Trinajstić information content (AvgIpc) is 3.13. The number of halogens is 3. The van der Waals surface area contributed by atoms with Gasteiger partial charge in [-0.15, -0.1) is 0 Å². The molecule has 0 aromatic heterocycles. The first kappa shape index (κ1) is 17.1. The van der Waals surface area contributed by atoms with Crippen LogP contribution in [0.5, 0.6) is 0 Å². The van der Waals surface area contributed by atoms with Crippen LogP contribution in [0.1, 0.15) is 12.0 Å². The zero-order chi connectivity index (χ0) is 18.2. The molecule has 25 heavy (non-hydrogen) atoms. The molecule has 0 radical (unpaired) electrons. The summed E-state index contributed by atoms with van der Waals surface area (Å²) in [5.41, 5.74) is -1.29. The van der Waals surface area contributed by atoms with Crippen LogP contribution in [0, 0.1) is 0 Å². The van der Waals surface area contributed by atoms with Gasteiger partial charge in [-0.05, 0) is 18.6 Å². The number of amides is 4. The molecule has 2 fully saturated rings. The Morgan fingerprint density at radius 3 is 2.60 bits per heavy atom. The Balaban J connectivity index is 1.68. The van der Waals surface area contributed by atoms with Gasteiger partial charge in [-0.2, -0.15) is 13.2 Å². The van der Waals surface area contributed by atoms with Gasteiger partial charge in [0.1, 0.15) is 0 Å². The highest BCUT2D eigenvalue weighted by Gasteiger charge is 2.41. The van der Waals surface area contributed by atoms with Crippen LogP contribution in [0.2, 0.25) is 0 Å². The molecule has 0 spiro atoms. The van der Waals surface area contributed by atoms with E-state index < -0.39 is 35.8 Å². The number of carbonyl (C=O) groups excluding carboxylic acids is 3. The lowest BCUT2D eigenvalue weighted by molar-refractivity contribution is -0.137. The predicted molar refractivity (Wildman–Crippen MR) is 78.6 cm³/mol. The van der Waals surface area contributed by atoms with Gasteiger partial charge in [0.2, 0.25) is 0 Å². The van der Waals surface area contributed by atoms with Crippen molar-refractivity contribution in [3.63, 3.8) is 0 Å². The summed E-state index contributed by atoms with van der Waals surface area (Å²) in [6, 6.07) is 3.40. The molecule has 1 aromatic rings. The van der Waals surface area contributed by atoms with Gasteiger partial charge in [-0.1, -0.05) is 12.1 Å². The van der Waals surface area contributed by atoms with Gasteiger partial charge in [-0.3, -0.25) is 4.79 Å². The molecule has 2 saturated heterocycles. The third-order valence-corrected chi connectivity index (χ3v) is 4.07. The number of carbonyl (C=O) groups is 3. The summed E-state index contributed by atoms with van der Waals surface area (Å²) in [7, 11) is 0. The number of hydrogen-bond donors (Lipinski definition) is 1. The van der Waals surface area contributed by atoms with E-state index in [1.807, 2.05) is 0 Å². The molecule has 1 unspecified atom stereocenters. The van der Waals surface area contributed by atoms with E-state index in [0.29, 0.717) is 6.42 Å². The molecular weight excluding hydrogens is 343 g/mol. The first-order valence-electron chi connectivity index (χ1n) is 7.48. The molecule has 0 saturated carbocycles. The summed E-state index contributed by atoms with van der Waals surface area (Å²) in [4.78, 5) is 37.6. The summed E-state index contributed by atoms with van der Waals surface area (Å²) in [6.07, 6.45) is -5.02. The van der Waals surface area contributed by atoms with Crippen LogP contribution in [-0.4, -0.2) is 53.6 Å². The molecule has 1 atom stereocenters. The van der Waals surface area contributed by atoms with E-state index in [1.54, 1.807) is 0 Å². The second-order valence-electron chi connectivity index (χ2n) is 5.68. The predicted octanol–water partition coefficient (Wildman–Crippen LogP) is 2.29. The fraction of sp³-hybridized carbons (Fsp3) is 0.400. The van der Waals surface area contributed by atoms with Gasteiger partial charge >= 0.3 is 18.3 Å². The van der Waals surface area contributed by atoms with E-state index in [-0.39, 0.29) is 25.4 Å². The highest BCUT2D eigenvalue weighted by Crippen LogP contribution is 2.34. The van der Waals surface area contributed by atoms with Crippen molar-refractivity contribution in [2.24, 2.45) is 0 Å². The molecule has 3 rings (SSSR count). The van der Waals surface area contributed by atoms with Gasteiger partial charge in [0, 0.05) is 13.1 Å². The highest BCUT2D eigenvalue weighted by molar-refractivity contribution is 5.98. The third-order valence-electron chi connectivity index (χ3n) is 4.07. The van der Waals surface area contributed by atoms with Crippen LogP contribution in [0.4, 0.5) is 28.4 Å². The average molecular weight is 357 g/mol. The lowest BCUT2D eigenvalue weighted by atomic mass is 10.1. The Labute approximate surface area is 140 Å². The number of nitrogens with zero attached hydrogens (tertiary/aromatic N) is 2. The number of benzene rings is 1. The van der Waals surface area contributed by atoms with Crippen LogP contribution in [0.25, 0.3) is 0 Å². The molecule has 2 aliphatic heterocycles. The number of hydrogen-bond acceptors (Lipinski definition) is 4. The zero-order valence-electron chi connectivity index (χ0n) is 12.9. The summed E-state index contributed by atoms with van der Waals surface area (Å²) >= 11 is 0. The van der Waals surface area contributed by atoms with E-state index in [1.165, 1.54) is 17.0 Å². The first-order chi connectivity index (χ1) is 11.8. The molecule has 1 N–H and O–H groups in total. The minimum absolute atomic E-state index is 0.0425. The number of alkyl halides is 3. The van der Waals surface area contributed by atoms with Crippen LogP contribution >= 0.6 is 0 Å². The van der Waals surface area contributed by atoms with Crippen LogP contribution < -0.4 is 5.32 Å². The number of ether oxygens (including phenoxy) is 1. The van der Waals surface area contributed by atoms with Crippen molar-refractivity contribution in [2.75, 3.05) is 25.0 Å². The Hall–Kier alpha value is -2.78. The summed E-state index contributed by atoms with van der Waals surface area (Å²) in [6.45, 7) is -0.0803. The number of para-hydroxylation sites is 1. The van der Waals surface area contributed by atoms with Gasteiger partial charge < -0.3 is 15.0 Å². The van der Waals surface area contributed by atoms with E-state index >= 15 is 0 Å². The quantitative estimate of drug-likeness (QED) is 0.881. The number of imide groups is 1. The molecule has 10 heteroatoms. The fourth-order valence-electron chi connectivity index (χ4n) is 2.89. The third kappa shape index (κ3) is 3.37. The number of nitrogens with one attached hydrogen (secondary N) is 1. The molecule has 134 valence electrons. The van der Waals surface area contributed by atoms with E-state index in [2.05, 4.69) is 10.1 Å². The van der Waals surface area contributed by atoms with Crippen molar-refractivity contribution in [3.8, 4) is 0 Å². The molecular formula is C15H14F3N3O4. The van der Waals surface area contributed by atoms with E-state index in [4.69, 9.17) is 0 Å². The molecule has 2 heterocycles. The van der Waals surface area contributed by atoms with Crippen LogP contribution in [-0.2, 0) is 15.7 Å². The Morgan fingerprint density at radius 1 is 1.24 bits per heavy atom. The van der Waals surface area contributed by atoms with E-state index in [0.717, 1.165) is 17.0 Å². The maximum Gasteiger partial charge on any atom is 0.418 e. The van der Waals surface area contributed by atoms with Gasteiger partial charge in [0.25, 0.3) is 5.91 Å². The van der Waals surface area contributed by atoms with Crippen molar-refractivity contribution in [1.29, 1.82) is 0 Å². The second kappa shape index (κ2) is 6.26. The normalized spacial score (nSPS) is 20.8. The lowest BCUT2D eigenvalue weighted by Crippen LogP contribution is -2.42. The standard InChI is InChI=1S/C15H14F3N3O4/c16-15(17,18)10-3-1-2-4-11(10)19-13(23)20-6-5-9(7-20)21-12(22)8-25-14(21)24/h1-4,9H,5-8H2,(H,19,23). The Bertz CT molecular complexity index is 706. The number of cyclic esters (lactones) is 1. The highest BCUT2D eigenvalue weighted by atomic mass is 19.4. The van der Waals surface area contributed by atoms with Crippen LogP contribution in [0.15, 0.2) is 24.3 Å². The minimum Gasteiger partial charge on any atom is -0.439 e. The summed E-state index contributed by atoms with van der Waals surface area (Å²) in [5, 5.41) is 2.24. The van der Waals surface area contributed by atoms with Crippen LogP contribution in [0.3, 0.4) is 0 Å². The number of anilines is 1. The maximum absolute atomic E-state index is 13.0. The SMILES string of the molecule is O=C(Nc1ccccc1C(F)(F)F)N1CCC(N2C(=O)COC2=O)C1. The van der Waals surface area contributed by atoms with Crippen molar-refractivity contribution < 1.29 is 32.3 Å². The topological polar surface area (TPSA) is 79.0 Å². The number of urea groups is 1. The molecule has 4 amide bonds.